The first-order chi connectivity index (χ1) is 11.1. The first-order valence-corrected chi connectivity index (χ1v) is 7.57. The molecular formula is C19H22O4. The van der Waals surface area contributed by atoms with Gasteiger partial charge < -0.3 is 14.6 Å². The molecular weight excluding hydrogens is 292 g/mol. The van der Waals surface area contributed by atoms with Crippen LogP contribution < -0.4 is 4.74 Å². The van der Waals surface area contributed by atoms with Crippen LogP contribution in [0.2, 0.25) is 0 Å². The Kier molecular flexibility index (Phi) is 8.83. The number of carbonyl (C=O) groups is 2. The fourth-order valence-electron chi connectivity index (χ4n) is 1.73. The Labute approximate surface area is 136 Å². The third-order valence-corrected chi connectivity index (χ3v) is 2.96. The molecule has 0 fully saturated rings. The molecule has 0 bridgehead atoms. The molecule has 0 radical (unpaired) electrons. The number of aryl methyl sites for hydroxylation is 1. The van der Waals surface area contributed by atoms with E-state index < -0.39 is 5.97 Å². The molecule has 23 heavy (non-hydrogen) atoms. The summed E-state index contributed by atoms with van der Waals surface area (Å²) in [4.78, 5) is 19.6. The number of rotatable bonds is 7. The summed E-state index contributed by atoms with van der Waals surface area (Å²) in [5, 5.41) is 8.12. The highest BCUT2D eigenvalue weighted by Gasteiger charge is 1.95. The van der Waals surface area contributed by atoms with E-state index in [9.17, 15) is 9.59 Å². The summed E-state index contributed by atoms with van der Waals surface area (Å²) in [5.74, 6) is 0.957. The zero-order valence-electron chi connectivity index (χ0n) is 13.3. The topological polar surface area (TPSA) is 63.6 Å². The Bertz CT molecular complexity index is 576. The van der Waals surface area contributed by atoms with E-state index >= 15 is 0 Å². The molecule has 1 N–H and O–H groups in total. The lowest BCUT2D eigenvalue weighted by Gasteiger charge is -2.04. The predicted molar refractivity (Wildman–Crippen MR) is 89.9 cm³/mol. The number of ether oxygens (including phenoxy) is 1. The summed E-state index contributed by atoms with van der Waals surface area (Å²) in [6.07, 6.45) is 2.76. The quantitative estimate of drug-likeness (QED) is 0.598. The second kappa shape index (κ2) is 11.0. The van der Waals surface area contributed by atoms with E-state index in [1.54, 1.807) is 0 Å². The second-order valence-electron chi connectivity index (χ2n) is 5.03. The van der Waals surface area contributed by atoms with Crippen LogP contribution in [0.3, 0.4) is 0 Å². The van der Waals surface area contributed by atoms with E-state index in [0.29, 0.717) is 19.3 Å². The van der Waals surface area contributed by atoms with Gasteiger partial charge in [-0.25, -0.2) is 0 Å². The average Bonchev–Trinajstić information content (AvgIpc) is 2.55. The van der Waals surface area contributed by atoms with Gasteiger partial charge in [0.05, 0.1) is 0 Å². The van der Waals surface area contributed by atoms with E-state index in [0.717, 1.165) is 17.8 Å². The molecule has 0 aliphatic heterocycles. The lowest BCUT2D eigenvalue weighted by molar-refractivity contribution is -0.137. The number of benzene rings is 2. The van der Waals surface area contributed by atoms with Crippen LogP contribution in [-0.2, 0) is 9.59 Å². The van der Waals surface area contributed by atoms with Gasteiger partial charge in [0, 0.05) is 12.8 Å². The van der Waals surface area contributed by atoms with Gasteiger partial charge in [-0.2, -0.15) is 0 Å². The van der Waals surface area contributed by atoms with Gasteiger partial charge in [-0.15, -0.1) is 0 Å². The van der Waals surface area contributed by atoms with Crippen molar-refractivity contribution in [2.75, 3.05) is 0 Å². The summed E-state index contributed by atoms with van der Waals surface area (Å²) < 4.78 is 5.63. The van der Waals surface area contributed by atoms with Gasteiger partial charge in [0.15, 0.2) is 0 Å². The van der Waals surface area contributed by atoms with Gasteiger partial charge in [0.1, 0.15) is 17.8 Å². The number of carboxylic acid groups (broad SMARTS) is 1. The minimum atomic E-state index is -0.791. The van der Waals surface area contributed by atoms with E-state index in [1.165, 1.54) is 5.56 Å². The maximum Gasteiger partial charge on any atom is 0.303 e. The van der Waals surface area contributed by atoms with Crippen LogP contribution in [0.4, 0.5) is 0 Å². The van der Waals surface area contributed by atoms with Crippen LogP contribution in [0.15, 0.2) is 54.6 Å². The van der Waals surface area contributed by atoms with E-state index in [2.05, 4.69) is 6.92 Å². The highest BCUT2D eigenvalue weighted by molar-refractivity contribution is 5.66. The molecule has 0 saturated heterocycles. The monoisotopic (exact) mass is 314 g/mol. The van der Waals surface area contributed by atoms with Crippen molar-refractivity contribution in [3.8, 4) is 11.5 Å². The summed E-state index contributed by atoms with van der Waals surface area (Å²) in [7, 11) is 0. The molecule has 0 saturated carbocycles. The SMILES string of the molecule is Cc1ccc(Oc2ccccc2)cc1.O=CCCCCC(=O)O. The second-order valence-corrected chi connectivity index (χ2v) is 5.03. The number of carbonyl (C=O) groups excluding carboxylic acids is 1. The molecule has 4 nitrogen and oxygen atoms in total. The third-order valence-electron chi connectivity index (χ3n) is 2.96. The van der Waals surface area contributed by atoms with E-state index in [4.69, 9.17) is 9.84 Å². The first kappa shape index (κ1) is 18.4. The van der Waals surface area contributed by atoms with Crippen molar-refractivity contribution in [1.82, 2.24) is 0 Å². The molecule has 2 aromatic rings. The fourth-order valence-corrected chi connectivity index (χ4v) is 1.73. The molecule has 0 heterocycles. The van der Waals surface area contributed by atoms with Crippen molar-refractivity contribution in [3.05, 3.63) is 60.2 Å². The zero-order valence-corrected chi connectivity index (χ0v) is 13.3. The van der Waals surface area contributed by atoms with Gasteiger partial charge in [0.2, 0.25) is 0 Å². The normalized spacial score (nSPS) is 9.43. The molecule has 0 spiro atoms. The van der Waals surface area contributed by atoms with E-state index in [1.807, 2.05) is 54.6 Å². The minimum Gasteiger partial charge on any atom is -0.481 e. The van der Waals surface area contributed by atoms with Crippen molar-refractivity contribution in [1.29, 1.82) is 0 Å². The van der Waals surface area contributed by atoms with Crippen molar-refractivity contribution in [3.63, 3.8) is 0 Å². The number of hydrogen-bond donors (Lipinski definition) is 1. The van der Waals surface area contributed by atoms with Crippen molar-refractivity contribution < 1.29 is 19.4 Å². The molecule has 0 unspecified atom stereocenters. The molecule has 2 rings (SSSR count). The standard InChI is InChI=1S/C13H12O.C6H10O3/c1-11-7-9-13(10-8-11)14-12-5-3-2-4-6-12;7-5-3-1-2-4-6(8)9/h2-10H,1H3;5H,1-4H2,(H,8,9). The largest absolute Gasteiger partial charge is 0.481 e. The number of aliphatic carboxylic acids is 1. The molecule has 0 aliphatic rings. The van der Waals surface area contributed by atoms with Crippen LogP contribution in [-0.4, -0.2) is 17.4 Å². The molecule has 0 aliphatic carbocycles. The molecule has 2 aromatic carbocycles. The number of aldehydes is 1. The minimum absolute atomic E-state index is 0.174. The van der Waals surface area contributed by atoms with Gasteiger partial charge in [-0.1, -0.05) is 35.9 Å². The molecule has 0 atom stereocenters. The van der Waals surface area contributed by atoms with Crippen molar-refractivity contribution in [2.45, 2.75) is 32.6 Å². The summed E-state index contributed by atoms with van der Waals surface area (Å²) in [6, 6.07) is 17.8. The number of para-hydroxylation sites is 1. The lowest BCUT2D eigenvalue weighted by atomic mass is 10.2. The summed E-state index contributed by atoms with van der Waals surface area (Å²) in [5.41, 5.74) is 1.24. The van der Waals surface area contributed by atoms with Crippen molar-refractivity contribution >= 4 is 12.3 Å². The molecule has 4 heteroatoms. The van der Waals surface area contributed by atoms with Crippen LogP contribution in [0, 0.1) is 6.92 Å². The van der Waals surface area contributed by atoms with Gasteiger partial charge >= 0.3 is 5.97 Å². The highest BCUT2D eigenvalue weighted by Crippen LogP contribution is 2.20. The molecule has 0 aromatic heterocycles. The van der Waals surface area contributed by atoms with Crippen molar-refractivity contribution in [2.24, 2.45) is 0 Å². The maximum absolute atomic E-state index is 9.87. The van der Waals surface area contributed by atoms with Gasteiger partial charge in [-0.3, -0.25) is 4.79 Å². The van der Waals surface area contributed by atoms with Gasteiger partial charge in [-0.05, 0) is 44.0 Å². The molecule has 122 valence electrons. The highest BCUT2D eigenvalue weighted by atomic mass is 16.5. The smallest absolute Gasteiger partial charge is 0.303 e. The fraction of sp³-hybridized carbons (Fsp3) is 0.263. The van der Waals surface area contributed by atoms with Crippen LogP contribution in [0.25, 0.3) is 0 Å². The Morgan fingerprint density at radius 3 is 2.17 bits per heavy atom. The number of hydrogen-bond acceptors (Lipinski definition) is 3. The number of unbranched alkanes of at least 4 members (excludes halogenated alkanes) is 2. The van der Waals surface area contributed by atoms with Gasteiger partial charge in [0.25, 0.3) is 0 Å². The summed E-state index contributed by atoms with van der Waals surface area (Å²) >= 11 is 0. The Balaban J connectivity index is 0.000000257. The number of carboxylic acids is 1. The zero-order chi connectivity index (χ0) is 16.9. The first-order valence-electron chi connectivity index (χ1n) is 7.57. The molecule has 0 amide bonds. The Morgan fingerprint density at radius 1 is 1.00 bits per heavy atom. The lowest BCUT2D eigenvalue weighted by Crippen LogP contribution is -1.93. The third kappa shape index (κ3) is 9.09. The predicted octanol–water partition coefficient (Wildman–Crippen LogP) is 4.62. The Hall–Kier alpha value is -2.62. The van der Waals surface area contributed by atoms with E-state index in [-0.39, 0.29) is 6.42 Å². The average molecular weight is 314 g/mol. The maximum atomic E-state index is 9.87. The van der Waals surface area contributed by atoms with Crippen LogP contribution in [0.1, 0.15) is 31.2 Å². The van der Waals surface area contributed by atoms with Crippen LogP contribution >= 0.6 is 0 Å². The summed E-state index contributed by atoms with van der Waals surface area (Å²) in [6.45, 7) is 2.06. The van der Waals surface area contributed by atoms with Crippen LogP contribution in [0.5, 0.6) is 11.5 Å². The Morgan fingerprint density at radius 2 is 1.61 bits per heavy atom.